The summed E-state index contributed by atoms with van der Waals surface area (Å²) < 4.78 is 0. The van der Waals surface area contributed by atoms with Crippen molar-refractivity contribution in [2.24, 2.45) is 5.92 Å². The van der Waals surface area contributed by atoms with Gasteiger partial charge in [0.15, 0.2) is 0 Å². The van der Waals surface area contributed by atoms with Gasteiger partial charge in [-0.2, -0.15) is 0 Å². The Morgan fingerprint density at radius 3 is 2.64 bits per heavy atom. The molecule has 1 aliphatic rings. The molecule has 0 aliphatic carbocycles. The predicted octanol–water partition coefficient (Wildman–Crippen LogP) is 2.57. The Balaban J connectivity index is 2.30. The molecule has 1 saturated heterocycles. The molecule has 1 fully saturated rings. The molecule has 1 aromatic carbocycles. The molecule has 1 aliphatic heterocycles. The van der Waals surface area contributed by atoms with Crippen LogP contribution in [0.5, 0.6) is 0 Å². The molecule has 2 atom stereocenters. The summed E-state index contributed by atoms with van der Waals surface area (Å²) in [5.41, 5.74) is 1.86. The third kappa shape index (κ3) is 1.57. The van der Waals surface area contributed by atoms with Gasteiger partial charge in [0.1, 0.15) is 0 Å². The van der Waals surface area contributed by atoms with Crippen molar-refractivity contribution in [1.29, 1.82) is 0 Å². The molecular formula is C13H19N. The largest absolute Gasteiger partial charge is 0.316 e. The molecule has 76 valence electrons. The van der Waals surface area contributed by atoms with Crippen LogP contribution in [0.3, 0.4) is 0 Å². The summed E-state index contributed by atoms with van der Waals surface area (Å²) in [6, 6.07) is 10.9. The summed E-state index contributed by atoms with van der Waals surface area (Å²) in [6.45, 7) is 7.04. The van der Waals surface area contributed by atoms with Crippen LogP contribution in [-0.4, -0.2) is 13.1 Å². The van der Waals surface area contributed by atoms with E-state index >= 15 is 0 Å². The molecular weight excluding hydrogens is 170 g/mol. The monoisotopic (exact) mass is 189 g/mol. The number of nitrogens with one attached hydrogen (secondary N) is 1. The molecule has 1 aromatic rings. The van der Waals surface area contributed by atoms with Gasteiger partial charge < -0.3 is 5.32 Å². The van der Waals surface area contributed by atoms with Gasteiger partial charge in [-0.05, 0) is 36.4 Å². The van der Waals surface area contributed by atoms with Gasteiger partial charge in [-0.1, -0.05) is 44.2 Å². The summed E-state index contributed by atoms with van der Waals surface area (Å²) >= 11 is 0. The maximum absolute atomic E-state index is 3.46. The zero-order valence-corrected chi connectivity index (χ0v) is 9.09. The highest BCUT2D eigenvalue weighted by Crippen LogP contribution is 2.36. The topological polar surface area (TPSA) is 12.0 Å². The Morgan fingerprint density at radius 1 is 1.29 bits per heavy atom. The minimum absolute atomic E-state index is 0.368. The fourth-order valence-electron chi connectivity index (χ4n) is 2.39. The highest BCUT2D eigenvalue weighted by atomic mass is 14.9. The first-order valence-electron chi connectivity index (χ1n) is 5.50. The Bertz CT molecular complexity index is 293. The summed E-state index contributed by atoms with van der Waals surface area (Å²) in [4.78, 5) is 0. The third-order valence-corrected chi connectivity index (χ3v) is 3.79. The summed E-state index contributed by atoms with van der Waals surface area (Å²) in [5.74, 6) is 0.721. The molecule has 2 rings (SSSR count). The number of hydrogen-bond acceptors (Lipinski definition) is 1. The van der Waals surface area contributed by atoms with Crippen LogP contribution in [0.4, 0.5) is 0 Å². The zero-order valence-electron chi connectivity index (χ0n) is 9.09. The SMILES string of the molecule is C[C@@H]1CNCC[C@@]1(C)c1ccccc1. The van der Waals surface area contributed by atoms with Gasteiger partial charge in [-0.3, -0.25) is 0 Å². The van der Waals surface area contributed by atoms with E-state index in [0.717, 1.165) is 19.0 Å². The van der Waals surface area contributed by atoms with Crippen molar-refractivity contribution in [2.75, 3.05) is 13.1 Å². The minimum atomic E-state index is 0.368. The zero-order chi connectivity index (χ0) is 10.0. The van der Waals surface area contributed by atoms with Crippen molar-refractivity contribution in [3.8, 4) is 0 Å². The average Bonchev–Trinajstić information content (AvgIpc) is 2.24. The summed E-state index contributed by atoms with van der Waals surface area (Å²) in [6.07, 6.45) is 1.25. The van der Waals surface area contributed by atoms with Crippen LogP contribution < -0.4 is 5.32 Å². The molecule has 0 radical (unpaired) electrons. The van der Waals surface area contributed by atoms with Gasteiger partial charge in [0.25, 0.3) is 0 Å². The van der Waals surface area contributed by atoms with Crippen molar-refractivity contribution >= 4 is 0 Å². The average molecular weight is 189 g/mol. The summed E-state index contributed by atoms with van der Waals surface area (Å²) in [7, 11) is 0. The molecule has 0 spiro atoms. The Hall–Kier alpha value is -0.820. The van der Waals surface area contributed by atoms with Crippen molar-refractivity contribution in [3.05, 3.63) is 35.9 Å². The van der Waals surface area contributed by atoms with Gasteiger partial charge in [0.05, 0.1) is 0 Å². The molecule has 0 aromatic heterocycles. The lowest BCUT2D eigenvalue weighted by atomic mass is 9.68. The van der Waals surface area contributed by atoms with Crippen LogP contribution in [0.2, 0.25) is 0 Å². The van der Waals surface area contributed by atoms with Crippen molar-refractivity contribution in [2.45, 2.75) is 25.7 Å². The predicted molar refractivity (Wildman–Crippen MR) is 60.4 cm³/mol. The molecule has 1 nitrogen and oxygen atoms in total. The van der Waals surface area contributed by atoms with Gasteiger partial charge in [-0.25, -0.2) is 0 Å². The lowest BCUT2D eigenvalue weighted by Gasteiger charge is -2.40. The van der Waals surface area contributed by atoms with Crippen molar-refractivity contribution < 1.29 is 0 Å². The number of hydrogen-bond donors (Lipinski definition) is 1. The Labute approximate surface area is 86.5 Å². The molecule has 14 heavy (non-hydrogen) atoms. The molecule has 1 N–H and O–H groups in total. The van der Waals surface area contributed by atoms with Crippen molar-refractivity contribution in [1.82, 2.24) is 5.32 Å². The fourth-order valence-corrected chi connectivity index (χ4v) is 2.39. The minimum Gasteiger partial charge on any atom is -0.316 e. The second-order valence-electron chi connectivity index (χ2n) is 4.64. The Morgan fingerprint density at radius 2 is 2.00 bits per heavy atom. The third-order valence-electron chi connectivity index (χ3n) is 3.79. The van der Waals surface area contributed by atoms with Crippen LogP contribution >= 0.6 is 0 Å². The molecule has 1 heterocycles. The summed E-state index contributed by atoms with van der Waals surface area (Å²) in [5, 5.41) is 3.46. The number of piperidine rings is 1. The quantitative estimate of drug-likeness (QED) is 0.716. The van der Waals surface area contributed by atoms with Gasteiger partial charge in [-0.15, -0.1) is 0 Å². The van der Waals surface area contributed by atoms with Gasteiger partial charge in [0, 0.05) is 0 Å². The highest BCUT2D eigenvalue weighted by Gasteiger charge is 2.34. The van der Waals surface area contributed by atoms with Gasteiger partial charge >= 0.3 is 0 Å². The first kappa shape index (κ1) is 9.72. The van der Waals surface area contributed by atoms with Crippen LogP contribution in [0.15, 0.2) is 30.3 Å². The molecule has 0 saturated carbocycles. The first-order chi connectivity index (χ1) is 6.73. The maximum Gasteiger partial charge on any atom is -0.00147 e. The standard InChI is InChI=1S/C13H19N/c1-11-10-14-9-8-13(11,2)12-6-4-3-5-7-12/h3-7,11,14H,8-10H2,1-2H3/t11-,13-/m1/s1. The molecule has 0 unspecified atom stereocenters. The Kier molecular flexibility index (Phi) is 2.60. The van der Waals surface area contributed by atoms with E-state index in [1.807, 2.05) is 0 Å². The second kappa shape index (κ2) is 3.74. The van der Waals surface area contributed by atoms with E-state index in [0.29, 0.717) is 5.41 Å². The van der Waals surface area contributed by atoms with Crippen LogP contribution in [0.25, 0.3) is 0 Å². The van der Waals surface area contributed by atoms with E-state index in [4.69, 9.17) is 0 Å². The van der Waals surface area contributed by atoms with E-state index in [1.54, 1.807) is 0 Å². The fraction of sp³-hybridized carbons (Fsp3) is 0.538. The second-order valence-corrected chi connectivity index (χ2v) is 4.64. The van der Waals surface area contributed by atoms with Gasteiger partial charge in [0.2, 0.25) is 0 Å². The van der Waals surface area contributed by atoms with Crippen LogP contribution in [0, 0.1) is 5.92 Å². The smallest absolute Gasteiger partial charge is 0.00147 e. The molecule has 1 heteroatoms. The van der Waals surface area contributed by atoms with Crippen molar-refractivity contribution in [3.63, 3.8) is 0 Å². The van der Waals surface area contributed by atoms with Crippen LogP contribution in [0.1, 0.15) is 25.8 Å². The normalized spacial score (nSPS) is 32.9. The van der Waals surface area contributed by atoms with E-state index < -0.39 is 0 Å². The molecule has 0 bridgehead atoms. The highest BCUT2D eigenvalue weighted by molar-refractivity contribution is 5.26. The number of benzene rings is 1. The van der Waals surface area contributed by atoms with E-state index in [2.05, 4.69) is 49.5 Å². The molecule has 0 amide bonds. The first-order valence-corrected chi connectivity index (χ1v) is 5.50. The lowest BCUT2D eigenvalue weighted by molar-refractivity contribution is 0.238. The van der Waals surface area contributed by atoms with E-state index in [-0.39, 0.29) is 0 Å². The van der Waals surface area contributed by atoms with E-state index in [1.165, 1.54) is 12.0 Å². The van der Waals surface area contributed by atoms with E-state index in [9.17, 15) is 0 Å². The van der Waals surface area contributed by atoms with Crippen LogP contribution in [-0.2, 0) is 5.41 Å². The number of rotatable bonds is 1. The lowest BCUT2D eigenvalue weighted by Crippen LogP contribution is -2.44. The maximum atomic E-state index is 3.46.